The maximum absolute atomic E-state index is 5.01. The van der Waals surface area contributed by atoms with Crippen LogP contribution in [0.15, 0.2) is 188 Å². The van der Waals surface area contributed by atoms with Gasteiger partial charge in [0.25, 0.3) is 0 Å². The minimum absolute atomic E-state index is 0.639. The van der Waals surface area contributed by atoms with Gasteiger partial charge < -0.3 is 0 Å². The van der Waals surface area contributed by atoms with Crippen LogP contribution in [0, 0.1) is 0 Å². The lowest BCUT2D eigenvalue weighted by Gasteiger charge is -2.11. The lowest BCUT2D eigenvalue weighted by atomic mass is 9.96. The number of hydrogen-bond acceptors (Lipinski definition) is 3. The summed E-state index contributed by atoms with van der Waals surface area (Å²) in [5.74, 6) is 1.93. The van der Waals surface area contributed by atoms with Crippen LogP contribution >= 0.6 is 0 Å². The molecule has 0 N–H and O–H groups in total. The first-order valence-electron chi connectivity index (χ1n) is 16.1. The van der Waals surface area contributed by atoms with Gasteiger partial charge in [0.15, 0.2) is 17.5 Å². The Bertz CT molecular complexity index is 2300. The van der Waals surface area contributed by atoms with E-state index < -0.39 is 0 Å². The van der Waals surface area contributed by atoms with Crippen LogP contribution in [0.25, 0.3) is 78.7 Å². The van der Waals surface area contributed by atoms with E-state index in [4.69, 9.17) is 15.0 Å². The number of rotatable bonds is 7. The molecule has 0 saturated carbocycles. The van der Waals surface area contributed by atoms with Gasteiger partial charge in [0.1, 0.15) is 0 Å². The van der Waals surface area contributed by atoms with Gasteiger partial charge in [-0.1, -0.05) is 176 Å². The van der Waals surface area contributed by atoms with E-state index in [0.717, 1.165) is 33.4 Å². The second-order valence-electron chi connectivity index (χ2n) is 11.7. The molecule has 8 rings (SSSR count). The molecule has 0 fully saturated rings. The first kappa shape index (κ1) is 29.0. The molecule has 0 amide bonds. The second kappa shape index (κ2) is 13.1. The Hall–Kier alpha value is -6.45. The molecular formula is C45H31N3. The van der Waals surface area contributed by atoms with E-state index in [9.17, 15) is 0 Å². The van der Waals surface area contributed by atoms with Gasteiger partial charge in [-0.15, -0.1) is 0 Å². The summed E-state index contributed by atoms with van der Waals surface area (Å²) in [6, 6.07) is 65.3. The molecule has 0 bridgehead atoms. The number of benzene rings is 7. The fourth-order valence-electron chi connectivity index (χ4n) is 5.99. The van der Waals surface area contributed by atoms with E-state index in [1.807, 2.05) is 42.5 Å². The summed E-state index contributed by atoms with van der Waals surface area (Å²) in [6.45, 7) is 0. The van der Waals surface area contributed by atoms with E-state index in [0.29, 0.717) is 17.5 Å². The zero-order valence-electron chi connectivity index (χ0n) is 26.2. The van der Waals surface area contributed by atoms with Crippen LogP contribution in [0.5, 0.6) is 0 Å². The zero-order valence-corrected chi connectivity index (χ0v) is 26.2. The van der Waals surface area contributed by atoms with E-state index in [1.54, 1.807) is 0 Å². The summed E-state index contributed by atoms with van der Waals surface area (Å²) >= 11 is 0. The van der Waals surface area contributed by atoms with E-state index in [1.165, 1.54) is 27.8 Å². The highest BCUT2D eigenvalue weighted by molar-refractivity contribution is 5.78. The zero-order chi connectivity index (χ0) is 32.1. The van der Waals surface area contributed by atoms with Crippen molar-refractivity contribution in [1.82, 2.24) is 15.0 Å². The van der Waals surface area contributed by atoms with Crippen LogP contribution in [0.1, 0.15) is 0 Å². The summed E-state index contributed by atoms with van der Waals surface area (Å²) in [7, 11) is 0. The topological polar surface area (TPSA) is 38.7 Å². The molecule has 0 saturated heterocycles. The third-order valence-electron chi connectivity index (χ3n) is 8.56. The smallest absolute Gasteiger partial charge is 0.164 e. The van der Waals surface area contributed by atoms with Gasteiger partial charge in [-0.3, -0.25) is 0 Å². The Morgan fingerprint density at radius 2 is 0.438 bits per heavy atom. The molecule has 8 aromatic rings. The van der Waals surface area contributed by atoms with Crippen molar-refractivity contribution in [2.45, 2.75) is 0 Å². The molecular weight excluding hydrogens is 583 g/mol. The molecule has 0 aliphatic heterocycles. The molecule has 48 heavy (non-hydrogen) atoms. The molecule has 226 valence electrons. The molecule has 0 unspecified atom stereocenters. The van der Waals surface area contributed by atoms with Gasteiger partial charge in [0, 0.05) is 16.7 Å². The Balaban J connectivity index is 1.14. The van der Waals surface area contributed by atoms with Crippen molar-refractivity contribution < 1.29 is 0 Å². The van der Waals surface area contributed by atoms with Gasteiger partial charge in [0.2, 0.25) is 0 Å². The van der Waals surface area contributed by atoms with Crippen LogP contribution in [0.4, 0.5) is 0 Å². The third-order valence-corrected chi connectivity index (χ3v) is 8.56. The van der Waals surface area contributed by atoms with E-state index >= 15 is 0 Å². The quantitative estimate of drug-likeness (QED) is 0.179. The third kappa shape index (κ3) is 6.18. The van der Waals surface area contributed by atoms with Crippen molar-refractivity contribution in [1.29, 1.82) is 0 Å². The maximum Gasteiger partial charge on any atom is 0.164 e. The molecule has 0 atom stereocenters. The molecule has 0 aliphatic rings. The van der Waals surface area contributed by atoms with Gasteiger partial charge in [-0.05, 0) is 56.6 Å². The molecule has 1 aromatic heterocycles. The molecule has 1 heterocycles. The van der Waals surface area contributed by atoms with E-state index in [2.05, 4.69) is 146 Å². The SMILES string of the molecule is c1ccc(-c2ccc(-c3cccc(-c4cccc(-c5nc(-c6ccccc6)nc(-c6ccc(-c7ccccc7)cc6)n5)c4)c3)cc2)cc1. The van der Waals surface area contributed by atoms with Crippen molar-refractivity contribution in [3.63, 3.8) is 0 Å². The molecule has 0 aliphatic carbocycles. The summed E-state index contributed by atoms with van der Waals surface area (Å²) in [4.78, 5) is 14.9. The van der Waals surface area contributed by atoms with Crippen LogP contribution in [-0.2, 0) is 0 Å². The Morgan fingerprint density at radius 3 is 0.896 bits per heavy atom. The predicted molar refractivity (Wildman–Crippen MR) is 198 cm³/mol. The number of aromatic nitrogens is 3. The molecule has 0 radical (unpaired) electrons. The molecule has 3 nitrogen and oxygen atoms in total. The Morgan fingerprint density at radius 1 is 0.188 bits per heavy atom. The monoisotopic (exact) mass is 613 g/mol. The minimum Gasteiger partial charge on any atom is -0.208 e. The Labute approximate surface area is 280 Å². The van der Waals surface area contributed by atoms with Crippen molar-refractivity contribution in [2.24, 2.45) is 0 Å². The first-order valence-corrected chi connectivity index (χ1v) is 16.1. The highest BCUT2D eigenvalue weighted by Crippen LogP contribution is 2.32. The maximum atomic E-state index is 5.01. The highest BCUT2D eigenvalue weighted by Gasteiger charge is 2.13. The van der Waals surface area contributed by atoms with Gasteiger partial charge in [-0.2, -0.15) is 0 Å². The molecule has 0 spiro atoms. The van der Waals surface area contributed by atoms with Gasteiger partial charge in [-0.25, -0.2) is 15.0 Å². The van der Waals surface area contributed by atoms with E-state index in [-0.39, 0.29) is 0 Å². The first-order chi connectivity index (χ1) is 23.8. The summed E-state index contributed by atoms with van der Waals surface area (Å²) < 4.78 is 0. The summed E-state index contributed by atoms with van der Waals surface area (Å²) in [5, 5.41) is 0. The Kier molecular flexibility index (Phi) is 7.92. The number of nitrogens with zero attached hydrogens (tertiary/aromatic N) is 3. The fraction of sp³-hybridized carbons (Fsp3) is 0. The standard InChI is InChI=1S/C45H31N3/c1-4-12-32(13-5-1)34-22-24-36(25-23-34)39-18-10-19-40(30-39)41-20-11-21-42(31-41)45-47-43(37-16-8-3-9-17-37)46-44(48-45)38-28-26-35(27-29-38)33-14-6-2-7-15-33/h1-31H. The minimum atomic E-state index is 0.639. The highest BCUT2D eigenvalue weighted by atomic mass is 15.0. The normalized spacial score (nSPS) is 10.9. The van der Waals surface area contributed by atoms with Crippen LogP contribution < -0.4 is 0 Å². The van der Waals surface area contributed by atoms with Crippen molar-refractivity contribution in [3.8, 4) is 78.7 Å². The summed E-state index contributed by atoms with van der Waals surface area (Å²) in [6.07, 6.45) is 0. The summed E-state index contributed by atoms with van der Waals surface area (Å²) in [5.41, 5.74) is 12.2. The van der Waals surface area contributed by atoms with Crippen molar-refractivity contribution in [2.75, 3.05) is 0 Å². The molecule has 7 aromatic carbocycles. The largest absolute Gasteiger partial charge is 0.208 e. The fourth-order valence-corrected chi connectivity index (χ4v) is 5.99. The average Bonchev–Trinajstić information content (AvgIpc) is 3.19. The lowest BCUT2D eigenvalue weighted by molar-refractivity contribution is 1.07. The lowest BCUT2D eigenvalue weighted by Crippen LogP contribution is -2.00. The predicted octanol–water partition coefficient (Wildman–Crippen LogP) is 11.5. The average molecular weight is 614 g/mol. The van der Waals surface area contributed by atoms with Crippen molar-refractivity contribution in [3.05, 3.63) is 188 Å². The van der Waals surface area contributed by atoms with Crippen LogP contribution in [0.2, 0.25) is 0 Å². The number of hydrogen-bond donors (Lipinski definition) is 0. The van der Waals surface area contributed by atoms with Crippen molar-refractivity contribution >= 4 is 0 Å². The second-order valence-corrected chi connectivity index (χ2v) is 11.7. The molecule has 3 heteroatoms. The van der Waals surface area contributed by atoms with Gasteiger partial charge in [0.05, 0.1) is 0 Å². The van der Waals surface area contributed by atoms with Crippen LogP contribution in [-0.4, -0.2) is 15.0 Å². The van der Waals surface area contributed by atoms with Gasteiger partial charge >= 0.3 is 0 Å². The van der Waals surface area contributed by atoms with Crippen LogP contribution in [0.3, 0.4) is 0 Å².